The summed E-state index contributed by atoms with van der Waals surface area (Å²) in [6, 6.07) is 3.06. The van der Waals surface area contributed by atoms with Crippen LogP contribution in [0.15, 0.2) is 18.2 Å². The number of rotatable bonds is 5. The zero-order valence-corrected chi connectivity index (χ0v) is 15.8. The summed E-state index contributed by atoms with van der Waals surface area (Å²) in [6.45, 7) is 0.699. The molecule has 1 atom stereocenters. The van der Waals surface area contributed by atoms with Crippen LogP contribution in [-0.4, -0.2) is 46.9 Å². The van der Waals surface area contributed by atoms with Gasteiger partial charge in [-0.2, -0.15) is 0 Å². The van der Waals surface area contributed by atoms with Gasteiger partial charge in [0.2, 0.25) is 0 Å². The molecule has 1 aliphatic carbocycles. The average molecular weight is 412 g/mol. The van der Waals surface area contributed by atoms with E-state index in [1.807, 2.05) is 0 Å². The Kier molecular flexibility index (Phi) is 5.55. The van der Waals surface area contributed by atoms with E-state index >= 15 is 0 Å². The van der Waals surface area contributed by atoms with Gasteiger partial charge in [0.25, 0.3) is 11.8 Å². The standard InChI is InChI=1S/C18H19ClFN3O5/c1-10(15(25)21-13-5-4-11(19)8-12(13)20)28-14(24)9-23-16(26)18(22-17(23)27)6-2-3-7-18/h4-5,8,10H,2-3,6-7,9H2,1H3,(H,21,25)(H,22,27)/t10-/m0/s1. The van der Waals surface area contributed by atoms with E-state index in [0.29, 0.717) is 12.8 Å². The fourth-order valence-corrected chi connectivity index (χ4v) is 3.54. The molecule has 0 bridgehead atoms. The summed E-state index contributed by atoms with van der Waals surface area (Å²) < 4.78 is 18.7. The highest BCUT2D eigenvalue weighted by atomic mass is 35.5. The van der Waals surface area contributed by atoms with Crippen LogP contribution in [0.3, 0.4) is 0 Å². The predicted octanol–water partition coefficient (Wildman–Crippen LogP) is 2.21. The van der Waals surface area contributed by atoms with Crippen molar-refractivity contribution in [2.75, 3.05) is 11.9 Å². The Balaban J connectivity index is 1.56. The van der Waals surface area contributed by atoms with E-state index in [-0.39, 0.29) is 10.7 Å². The third-order valence-corrected chi connectivity index (χ3v) is 5.09. The Labute approximate surface area is 165 Å². The van der Waals surface area contributed by atoms with Crippen LogP contribution in [0.2, 0.25) is 5.02 Å². The summed E-state index contributed by atoms with van der Waals surface area (Å²) in [5, 5.41) is 5.11. The van der Waals surface area contributed by atoms with E-state index in [1.165, 1.54) is 19.1 Å². The predicted molar refractivity (Wildman–Crippen MR) is 97.0 cm³/mol. The second-order valence-electron chi connectivity index (χ2n) is 6.86. The van der Waals surface area contributed by atoms with Crippen LogP contribution in [0.25, 0.3) is 0 Å². The van der Waals surface area contributed by atoms with Crippen molar-refractivity contribution in [3.63, 3.8) is 0 Å². The normalized spacial score (nSPS) is 18.9. The molecule has 1 saturated heterocycles. The van der Waals surface area contributed by atoms with Gasteiger partial charge in [0.05, 0.1) is 5.69 Å². The third kappa shape index (κ3) is 3.94. The minimum Gasteiger partial charge on any atom is -0.451 e. The number of amides is 4. The quantitative estimate of drug-likeness (QED) is 0.571. The van der Waals surface area contributed by atoms with Crippen LogP contribution in [-0.2, 0) is 19.1 Å². The van der Waals surface area contributed by atoms with Crippen LogP contribution in [0.5, 0.6) is 0 Å². The number of nitrogens with one attached hydrogen (secondary N) is 2. The lowest BCUT2D eigenvalue weighted by molar-refractivity contribution is -0.155. The van der Waals surface area contributed by atoms with Crippen molar-refractivity contribution in [1.82, 2.24) is 10.2 Å². The SMILES string of the molecule is C[C@H](OC(=O)CN1C(=O)NC2(CCCC2)C1=O)C(=O)Nc1ccc(Cl)cc1F. The van der Waals surface area contributed by atoms with Crippen LogP contribution >= 0.6 is 11.6 Å². The molecule has 0 unspecified atom stereocenters. The molecule has 8 nitrogen and oxygen atoms in total. The van der Waals surface area contributed by atoms with Crippen molar-refractivity contribution in [3.05, 3.63) is 29.0 Å². The summed E-state index contributed by atoms with van der Waals surface area (Å²) in [7, 11) is 0. The van der Waals surface area contributed by atoms with Crippen molar-refractivity contribution < 1.29 is 28.3 Å². The number of esters is 1. The van der Waals surface area contributed by atoms with Crippen molar-refractivity contribution in [3.8, 4) is 0 Å². The van der Waals surface area contributed by atoms with E-state index < -0.39 is 47.8 Å². The van der Waals surface area contributed by atoms with Crippen LogP contribution in [0.4, 0.5) is 14.9 Å². The Hall–Kier alpha value is -2.68. The number of hydrogen-bond acceptors (Lipinski definition) is 5. The lowest BCUT2D eigenvalue weighted by atomic mass is 9.98. The van der Waals surface area contributed by atoms with Gasteiger partial charge >= 0.3 is 12.0 Å². The molecule has 10 heteroatoms. The van der Waals surface area contributed by atoms with Gasteiger partial charge in [-0.05, 0) is 38.0 Å². The summed E-state index contributed by atoms with van der Waals surface area (Å²) in [5.41, 5.74) is -1.04. The fraction of sp³-hybridized carbons (Fsp3) is 0.444. The molecule has 2 aliphatic rings. The van der Waals surface area contributed by atoms with Gasteiger partial charge in [0.15, 0.2) is 6.10 Å². The second kappa shape index (κ2) is 7.75. The molecule has 3 rings (SSSR count). The van der Waals surface area contributed by atoms with Gasteiger partial charge in [-0.25, -0.2) is 9.18 Å². The minimum absolute atomic E-state index is 0.116. The smallest absolute Gasteiger partial charge is 0.327 e. The topological polar surface area (TPSA) is 105 Å². The maximum absolute atomic E-state index is 13.7. The molecule has 1 aromatic carbocycles. The molecule has 2 fully saturated rings. The number of halogens is 2. The monoisotopic (exact) mass is 411 g/mol. The molecule has 1 heterocycles. The van der Waals surface area contributed by atoms with Gasteiger partial charge in [-0.1, -0.05) is 24.4 Å². The lowest BCUT2D eigenvalue weighted by Crippen LogP contribution is -2.44. The number of benzene rings is 1. The van der Waals surface area contributed by atoms with Gasteiger partial charge in [0.1, 0.15) is 17.9 Å². The van der Waals surface area contributed by atoms with E-state index in [9.17, 15) is 23.6 Å². The first-order valence-electron chi connectivity index (χ1n) is 8.81. The van der Waals surface area contributed by atoms with Crippen molar-refractivity contribution in [2.45, 2.75) is 44.2 Å². The Bertz CT molecular complexity index is 841. The fourth-order valence-electron chi connectivity index (χ4n) is 3.38. The number of urea groups is 1. The van der Waals surface area contributed by atoms with E-state index in [2.05, 4.69) is 10.6 Å². The van der Waals surface area contributed by atoms with E-state index in [0.717, 1.165) is 23.8 Å². The Morgan fingerprint density at radius 2 is 2.04 bits per heavy atom. The van der Waals surface area contributed by atoms with E-state index in [1.54, 1.807) is 0 Å². The van der Waals surface area contributed by atoms with Crippen LogP contribution in [0.1, 0.15) is 32.6 Å². The molecule has 28 heavy (non-hydrogen) atoms. The number of imide groups is 1. The molecule has 1 aromatic rings. The summed E-state index contributed by atoms with van der Waals surface area (Å²) in [4.78, 5) is 49.6. The number of hydrogen-bond donors (Lipinski definition) is 2. The molecule has 2 N–H and O–H groups in total. The van der Waals surface area contributed by atoms with Crippen molar-refractivity contribution >= 4 is 41.1 Å². The van der Waals surface area contributed by atoms with Crippen molar-refractivity contribution in [2.24, 2.45) is 0 Å². The first kappa shape index (κ1) is 20.1. The highest BCUT2D eigenvalue weighted by Crippen LogP contribution is 2.34. The number of ether oxygens (including phenoxy) is 1. The van der Waals surface area contributed by atoms with Gasteiger partial charge in [-0.3, -0.25) is 19.3 Å². The second-order valence-corrected chi connectivity index (χ2v) is 7.29. The third-order valence-electron chi connectivity index (χ3n) is 4.86. The molecule has 0 radical (unpaired) electrons. The average Bonchev–Trinajstić information content (AvgIpc) is 3.18. The maximum atomic E-state index is 13.7. The lowest BCUT2D eigenvalue weighted by Gasteiger charge is -2.20. The van der Waals surface area contributed by atoms with Gasteiger partial charge < -0.3 is 15.4 Å². The molecular weight excluding hydrogens is 393 g/mol. The van der Waals surface area contributed by atoms with Crippen LogP contribution < -0.4 is 10.6 Å². The summed E-state index contributed by atoms with van der Waals surface area (Å²) in [5.74, 6) is -2.87. The summed E-state index contributed by atoms with van der Waals surface area (Å²) in [6.07, 6.45) is 1.46. The molecule has 150 valence electrons. The maximum Gasteiger partial charge on any atom is 0.327 e. The molecular formula is C18H19ClFN3O5. The minimum atomic E-state index is -1.26. The highest BCUT2D eigenvalue weighted by molar-refractivity contribution is 6.30. The number of nitrogens with zero attached hydrogens (tertiary/aromatic N) is 1. The Morgan fingerprint density at radius 3 is 2.68 bits per heavy atom. The van der Waals surface area contributed by atoms with Crippen LogP contribution in [0, 0.1) is 5.82 Å². The highest BCUT2D eigenvalue weighted by Gasteiger charge is 2.52. The van der Waals surface area contributed by atoms with Gasteiger partial charge in [-0.15, -0.1) is 0 Å². The zero-order valence-electron chi connectivity index (χ0n) is 15.1. The van der Waals surface area contributed by atoms with E-state index in [4.69, 9.17) is 16.3 Å². The number of anilines is 1. The molecule has 1 aliphatic heterocycles. The molecule has 1 spiro atoms. The van der Waals surface area contributed by atoms with Gasteiger partial charge in [0, 0.05) is 5.02 Å². The summed E-state index contributed by atoms with van der Waals surface area (Å²) >= 11 is 5.65. The molecule has 0 aromatic heterocycles. The Morgan fingerprint density at radius 1 is 1.36 bits per heavy atom. The molecule has 1 saturated carbocycles. The number of carbonyl (C=O) groups is 4. The first-order chi connectivity index (χ1) is 13.2. The zero-order chi connectivity index (χ0) is 20.5. The number of carbonyl (C=O) groups excluding carboxylic acids is 4. The van der Waals surface area contributed by atoms with Crippen molar-refractivity contribution in [1.29, 1.82) is 0 Å². The largest absolute Gasteiger partial charge is 0.451 e. The molecule has 4 amide bonds. The first-order valence-corrected chi connectivity index (χ1v) is 9.19.